The topological polar surface area (TPSA) is 26.3 Å². The Kier molecular flexibility index (Phi) is 3.82. The van der Waals surface area contributed by atoms with E-state index in [1.54, 1.807) is 11.4 Å². The van der Waals surface area contributed by atoms with Crippen molar-refractivity contribution in [2.24, 2.45) is 0 Å². The van der Waals surface area contributed by atoms with Crippen LogP contribution in [-0.4, -0.2) is 12.6 Å². The zero-order chi connectivity index (χ0) is 14.0. The van der Waals surface area contributed by atoms with Crippen molar-refractivity contribution in [3.8, 4) is 16.9 Å². The third kappa shape index (κ3) is 3.48. The van der Waals surface area contributed by atoms with Crippen LogP contribution >= 0.6 is 22.9 Å². The molecule has 0 bridgehead atoms. The second kappa shape index (κ2) is 5.22. The number of halogens is 4. The van der Waals surface area contributed by atoms with Crippen LogP contribution in [0.5, 0.6) is 5.75 Å². The maximum atomic E-state index is 12.2. The number of ether oxygens (including phenoxy) is 1. The lowest BCUT2D eigenvalue weighted by molar-refractivity contribution is -0.274. The molecule has 1 aromatic carbocycles. The summed E-state index contributed by atoms with van der Waals surface area (Å²) in [5.41, 5.74) is 1.04. The summed E-state index contributed by atoms with van der Waals surface area (Å²) >= 11 is 7.17. The Morgan fingerprint density at radius 1 is 1.26 bits per heavy atom. The Balaban J connectivity index is 2.48. The smallest absolute Gasteiger partial charge is 0.406 e. The quantitative estimate of drug-likeness (QED) is 0.763. The minimum absolute atomic E-state index is 0.0824. The summed E-state index contributed by atoms with van der Waals surface area (Å²) in [6.45, 7) is 0. The van der Waals surface area contributed by atoms with E-state index < -0.39 is 12.1 Å². The van der Waals surface area contributed by atoms with Gasteiger partial charge in [0.15, 0.2) is 0 Å². The van der Waals surface area contributed by atoms with Crippen LogP contribution in [0.1, 0.15) is 10.4 Å². The Morgan fingerprint density at radius 3 is 2.53 bits per heavy atom. The fraction of sp³-hybridized carbons (Fsp3) is 0.0833. The third-order valence-electron chi connectivity index (χ3n) is 2.23. The number of thiophene rings is 1. The van der Waals surface area contributed by atoms with Gasteiger partial charge in [0, 0.05) is 11.1 Å². The van der Waals surface area contributed by atoms with E-state index in [9.17, 15) is 18.0 Å². The second-order valence-corrected chi connectivity index (χ2v) is 5.08. The summed E-state index contributed by atoms with van der Waals surface area (Å²) in [7, 11) is 0. The van der Waals surface area contributed by atoms with Gasteiger partial charge >= 0.3 is 6.36 Å². The third-order valence-corrected chi connectivity index (χ3v) is 3.40. The number of hydrogen-bond donors (Lipinski definition) is 0. The van der Waals surface area contributed by atoms with E-state index in [0.29, 0.717) is 21.7 Å². The predicted molar refractivity (Wildman–Crippen MR) is 66.8 cm³/mol. The average Bonchev–Trinajstić information content (AvgIpc) is 2.72. The molecule has 0 amide bonds. The maximum Gasteiger partial charge on any atom is 0.573 e. The van der Waals surface area contributed by atoms with Crippen molar-refractivity contribution in [1.29, 1.82) is 0 Å². The highest BCUT2D eigenvalue weighted by molar-refractivity contribution is 7.15. The molecule has 0 spiro atoms. The lowest BCUT2D eigenvalue weighted by atomic mass is 10.1. The molecular weight excluding hydrogens is 301 g/mol. The number of carbonyl (C=O) groups is 1. The molecule has 0 saturated heterocycles. The second-order valence-electron chi connectivity index (χ2n) is 3.56. The molecule has 7 heteroatoms. The number of benzene rings is 1. The fourth-order valence-electron chi connectivity index (χ4n) is 1.54. The van der Waals surface area contributed by atoms with E-state index in [1.165, 1.54) is 23.5 Å². The minimum Gasteiger partial charge on any atom is -0.406 e. The molecule has 100 valence electrons. The van der Waals surface area contributed by atoms with E-state index in [4.69, 9.17) is 11.6 Å². The van der Waals surface area contributed by atoms with Crippen molar-refractivity contribution in [2.45, 2.75) is 6.36 Å². The molecule has 2 nitrogen and oxygen atoms in total. The van der Waals surface area contributed by atoms with Gasteiger partial charge in [-0.15, -0.1) is 24.5 Å². The molecule has 0 N–H and O–H groups in total. The lowest BCUT2D eigenvalue weighted by Gasteiger charge is -2.11. The van der Waals surface area contributed by atoms with Gasteiger partial charge in [-0.2, -0.15) is 0 Å². The summed E-state index contributed by atoms with van der Waals surface area (Å²) in [6.07, 6.45) is -4.36. The zero-order valence-electron chi connectivity index (χ0n) is 9.20. The molecule has 0 aliphatic heterocycles. The molecule has 0 aliphatic rings. The number of rotatable bonds is 3. The van der Waals surface area contributed by atoms with Crippen LogP contribution in [0.2, 0.25) is 4.34 Å². The van der Waals surface area contributed by atoms with Crippen LogP contribution in [0.3, 0.4) is 0 Å². The van der Waals surface area contributed by atoms with Gasteiger partial charge in [-0.3, -0.25) is 4.79 Å². The van der Waals surface area contributed by atoms with E-state index in [2.05, 4.69) is 4.74 Å². The van der Waals surface area contributed by atoms with Crippen molar-refractivity contribution < 1.29 is 22.7 Å². The Morgan fingerprint density at radius 2 is 2.00 bits per heavy atom. The summed E-state index contributed by atoms with van der Waals surface area (Å²) in [5.74, 6) is -0.450. The molecule has 1 heterocycles. The van der Waals surface area contributed by atoms with Crippen molar-refractivity contribution in [3.05, 3.63) is 39.5 Å². The first-order chi connectivity index (χ1) is 8.89. The predicted octanol–water partition coefficient (Wildman–Crippen LogP) is 4.78. The molecule has 0 radical (unpaired) electrons. The van der Waals surface area contributed by atoms with Gasteiger partial charge < -0.3 is 4.74 Å². The van der Waals surface area contributed by atoms with Gasteiger partial charge in [0.05, 0.1) is 0 Å². The van der Waals surface area contributed by atoms with Crippen molar-refractivity contribution in [2.75, 3.05) is 0 Å². The van der Waals surface area contributed by atoms with Gasteiger partial charge in [0.25, 0.3) is 0 Å². The number of alkyl halides is 3. The Bertz CT molecular complexity index is 607. The largest absolute Gasteiger partial charge is 0.573 e. The average molecular weight is 307 g/mol. The number of aldehydes is 1. The Labute approximate surface area is 115 Å². The van der Waals surface area contributed by atoms with Crippen molar-refractivity contribution in [1.82, 2.24) is 0 Å². The minimum atomic E-state index is -4.81. The van der Waals surface area contributed by atoms with E-state index >= 15 is 0 Å². The number of hydrogen-bond acceptors (Lipinski definition) is 3. The van der Waals surface area contributed by atoms with E-state index in [-0.39, 0.29) is 5.56 Å². The lowest BCUT2D eigenvalue weighted by Crippen LogP contribution is -2.17. The van der Waals surface area contributed by atoms with Gasteiger partial charge in [0.2, 0.25) is 0 Å². The van der Waals surface area contributed by atoms with Crippen LogP contribution in [0.15, 0.2) is 29.6 Å². The summed E-state index contributed by atoms with van der Waals surface area (Å²) in [6, 6.07) is 5.32. The molecule has 19 heavy (non-hydrogen) atoms. The van der Waals surface area contributed by atoms with Crippen molar-refractivity contribution in [3.63, 3.8) is 0 Å². The molecule has 0 atom stereocenters. The normalized spacial score (nSPS) is 11.4. The van der Waals surface area contributed by atoms with Crippen LogP contribution in [-0.2, 0) is 0 Å². The standard InChI is InChI=1S/C12H6ClF3O2S/c13-11-10(1-2-19-11)8-3-7(6-17)4-9(5-8)18-12(14,15)16/h1-6H. The summed E-state index contributed by atoms with van der Waals surface area (Å²) < 4.78 is 40.8. The molecular formula is C12H6ClF3O2S. The Hall–Kier alpha value is -1.53. The SMILES string of the molecule is O=Cc1cc(OC(F)(F)F)cc(-c2ccsc2Cl)c1. The monoisotopic (exact) mass is 306 g/mol. The highest BCUT2D eigenvalue weighted by Gasteiger charge is 2.31. The summed E-state index contributed by atoms with van der Waals surface area (Å²) in [4.78, 5) is 10.8. The van der Waals surface area contributed by atoms with Crippen LogP contribution in [0, 0.1) is 0 Å². The van der Waals surface area contributed by atoms with Gasteiger partial charge in [-0.25, -0.2) is 0 Å². The summed E-state index contributed by atoms with van der Waals surface area (Å²) in [5, 5.41) is 1.70. The fourth-order valence-corrected chi connectivity index (χ4v) is 2.50. The van der Waals surface area contributed by atoms with Crippen LogP contribution < -0.4 is 4.74 Å². The molecule has 0 unspecified atom stereocenters. The highest BCUT2D eigenvalue weighted by atomic mass is 35.5. The first kappa shape index (κ1) is 13.9. The maximum absolute atomic E-state index is 12.2. The van der Waals surface area contributed by atoms with Crippen molar-refractivity contribution >= 4 is 29.2 Å². The van der Waals surface area contributed by atoms with Gasteiger partial charge in [-0.1, -0.05) is 11.6 Å². The highest BCUT2D eigenvalue weighted by Crippen LogP contribution is 2.35. The molecule has 0 fully saturated rings. The molecule has 0 saturated carbocycles. The van der Waals surface area contributed by atoms with E-state index in [0.717, 1.165) is 6.07 Å². The van der Waals surface area contributed by atoms with Crippen LogP contribution in [0.25, 0.3) is 11.1 Å². The molecule has 2 aromatic rings. The zero-order valence-corrected chi connectivity index (χ0v) is 10.8. The number of carbonyl (C=O) groups excluding carboxylic acids is 1. The molecule has 2 rings (SSSR count). The molecule has 0 aliphatic carbocycles. The first-order valence-corrected chi connectivity index (χ1v) is 6.24. The van der Waals surface area contributed by atoms with Gasteiger partial charge in [0.1, 0.15) is 16.4 Å². The van der Waals surface area contributed by atoms with E-state index in [1.807, 2.05) is 0 Å². The first-order valence-electron chi connectivity index (χ1n) is 4.98. The molecule has 1 aromatic heterocycles. The van der Waals surface area contributed by atoms with Gasteiger partial charge in [-0.05, 0) is 35.2 Å². The van der Waals surface area contributed by atoms with Crippen LogP contribution in [0.4, 0.5) is 13.2 Å².